The predicted molar refractivity (Wildman–Crippen MR) is 84.2 cm³/mol. The number of anilines is 3. The Balaban J connectivity index is 1.76. The fourth-order valence-electron chi connectivity index (χ4n) is 1.97. The molecule has 110 valence electrons. The lowest BCUT2D eigenvalue weighted by Gasteiger charge is -2.15. The van der Waals surface area contributed by atoms with Gasteiger partial charge >= 0.3 is 0 Å². The van der Waals surface area contributed by atoms with Crippen LogP contribution in [0.3, 0.4) is 0 Å². The third-order valence-corrected chi connectivity index (χ3v) is 3.08. The van der Waals surface area contributed by atoms with E-state index in [1.54, 1.807) is 6.20 Å². The van der Waals surface area contributed by atoms with Crippen LogP contribution in [-0.4, -0.2) is 22.1 Å². The largest absolute Gasteiger partial charge is 0.489 e. The number of para-hydroxylation sites is 2. The van der Waals surface area contributed by atoms with Gasteiger partial charge < -0.3 is 15.4 Å². The summed E-state index contributed by atoms with van der Waals surface area (Å²) in [5.41, 5.74) is 0.905. The molecule has 2 N–H and O–H groups in total. The van der Waals surface area contributed by atoms with Crippen molar-refractivity contribution in [2.75, 3.05) is 10.6 Å². The molecular weight excluding hydrogens is 264 g/mol. The van der Waals surface area contributed by atoms with Gasteiger partial charge in [-0.15, -0.1) is 0 Å². The Bertz CT molecular complexity index is 611. The van der Waals surface area contributed by atoms with Crippen LogP contribution in [0.1, 0.15) is 26.7 Å². The van der Waals surface area contributed by atoms with Crippen LogP contribution in [0, 0.1) is 0 Å². The minimum atomic E-state index is 0.130. The van der Waals surface area contributed by atoms with E-state index >= 15 is 0 Å². The third kappa shape index (κ3) is 3.84. The Morgan fingerprint density at radius 1 is 1.19 bits per heavy atom. The molecule has 21 heavy (non-hydrogen) atoms. The number of benzene rings is 1. The summed E-state index contributed by atoms with van der Waals surface area (Å²) < 4.78 is 5.80. The predicted octanol–water partition coefficient (Wildman–Crippen LogP) is 3.58. The minimum Gasteiger partial charge on any atom is -0.489 e. The van der Waals surface area contributed by atoms with Gasteiger partial charge in [0.2, 0.25) is 5.95 Å². The van der Waals surface area contributed by atoms with Crippen molar-refractivity contribution in [1.82, 2.24) is 9.97 Å². The Hall–Kier alpha value is -2.30. The van der Waals surface area contributed by atoms with Crippen molar-refractivity contribution in [3.63, 3.8) is 0 Å². The minimum absolute atomic E-state index is 0.130. The first-order valence-corrected chi connectivity index (χ1v) is 7.33. The van der Waals surface area contributed by atoms with E-state index < -0.39 is 0 Å². The molecule has 0 unspecified atom stereocenters. The van der Waals surface area contributed by atoms with Crippen LogP contribution in [-0.2, 0) is 0 Å². The molecule has 2 aromatic rings. The highest BCUT2D eigenvalue weighted by atomic mass is 16.5. The first-order valence-electron chi connectivity index (χ1n) is 7.33. The second kappa shape index (κ2) is 5.99. The van der Waals surface area contributed by atoms with E-state index in [0.717, 1.165) is 17.3 Å². The maximum atomic E-state index is 5.80. The van der Waals surface area contributed by atoms with Crippen LogP contribution in [0.15, 0.2) is 36.5 Å². The van der Waals surface area contributed by atoms with Crippen molar-refractivity contribution in [3.05, 3.63) is 36.5 Å². The Kier molecular flexibility index (Phi) is 3.90. The molecule has 0 radical (unpaired) electrons. The lowest BCUT2D eigenvalue weighted by molar-refractivity contribution is 0.244. The molecule has 0 amide bonds. The third-order valence-electron chi connectivity index (χ3n) is 3.08. The normalized spacial score (nSPS) is 14.0. The van der Waals surface area contributed by atoms with Gasteiger partial charge in [-0.25, -0.2) is 4.98 Å². The number of nitrogens with one attached hydrogen (secondary N) is 2. The molecule has 5 nitrogen and oxygen atoms in total. The first kappa shape index (κ1) is 13.7. The van der Waals surface area contributed by atoms with E-state index in [4.69, 9.17) is 4.74 Å². The topological polar surface area (TPSA) is 59.1 Å². The number of hydrogen-bond donors (Lipinski definition) is 2. The van der Waals surface area contributed by atoms with Crippen LogP contribution in [0.4, 0.5) is 17.5 Å². The molecule has 3 rings (SSSR count). The molecule has 5 heteroatoms. The zero-order valence-corrected chi connectivity index (χ0v) is 12.3. The second-order valence-corrected chi connectivity index (χ2v) is 5.47. The number of hydrogen-bond acceptors (Lipinski definition) is 5. The van der Waals surface area contributed by atoms with Crippen LogP contribution >= 0.6 is 0 Å². The first-order chi connectivity index (χ1) is 10.2. The molecule has 1 fully saturated rings. The molecule has 0 aliphatic heterocycles. The quantitative estimate of drug-likeness (QED) is 0.849. The van der Waals surface area contributed by atoms with Gasteiger partial charge in [0.05, 0.1) is 11.8 Å². The van der Waals surface area contributed by atoms with Crippen molar-refractivity contribution in [3.8, 4) is 5.75 Å². The smallest absolute Gasteiger partial charge is 0.224 e. The molecule has 1 aromatic heterocycles. The summed E-state index contributed by atoms with van der Waals surface area (Å²) in [7, 11) is 0. The Morgan fingerprint density at radius 3 is 2.76 bits per heavy atom. The average molecular weight is 284 g/mol. The van der Waals surface area contributed by atoms with Gasteiger partial charge in [0.15, 0.2) is 0 Å². The fraction of sp³-hybridized carbons (Fsp3) is 0.375. The van der Waals surface area contributed by atoms with Crippen molar-refractivity contribution >= 4 is 17.5 Å². The van der Waals surface area contributed by atoms with Crippen molar-refractivity contribution < 1.29 is 4.74 Å². The molecule has 1 aliphatic carbocycles. The Morgan fingerprint density at radius 2 is 2.00 bits per heavy atom. The molecule has 0 saturated heterocycles. The lowest BCUT2D eigenvalue weighted by Crippen LogP contribution is -2.08. The van der Waals surface area contributed by atoms with Gasteiger partial charge in [-0.2, -0.15) is 4.98 Å². The number of ether oxygens (including phenoxy) is 1. The monoisotopic (exact) mass is 284 g/mol. The van der Waals surface area contributed by atoms with Crippen LogP contribution in [0.25, 0.3) is 0 Å². The van der Waals surface area contributed by atoms with Crippen molar-refractivity contribution in [2.24, 2.45) is 0 Å². The lowest BCUT2D eigenvalue weighted by atomic mass is 10.3. The van der Waals surface area contributed by atoms with Gasteiger partial charge in [0.1, 0.15) is 11.6 Å². The average Bonchev–Trinajstić information content (AvgIpc) is 3.25. The van der Waals surface area contributed by atoms with Crippen molar-refractivity contribution in [2.45, 2.75) is 38.8 Å². The zero-order chi connectivity index (χ0) is 14.7. The fourth-order valence-corrected chi connectivity index (χ4v) is 1.97. The molecular formula is C16H20N4O. The maximum Gasteiger partial charge on any atom is 0.224 e. The molecule has 0 bridgehead atoms. The van der Waals surface area contributed by atoms with E-state index in [1.165, 1.54) is 12.8 Å². The highest BCUT2D eigenvalue weighted by molar-refractivity contribution is 5.64. The van der Waals surface area contributed by atoms with Gasteiger partial charge in [0.25, 0.3) is 0 Å². The van der Waals surface area contributed by atoms with Gasteiger partial charge in [-0.05, 0) is 44.9 Å². The summed E-state index contributed by atoms with van der Waals surface area (Å²) in [5.74, 6) is 2.25. The van der Waals surface area contributed by atoms with Crippen molar-refractivity contribution in [1.29, 1.82) is 0 Å². The number of aromatic nitrogens is 2. The summed E-state index contributed by atoms with van der Waals surface area (Å²) in [6.45, 7) is 4.03. The summed E-state index contributed by atoms with van der Waals surface area (Å²) in [5, 5.41) is 6.59. The van der Waals surface area contributed by atoms with E-state index in [1.807, 2.05) is 44.2 Å². The second-order valence-electron chi connectivity index (χ2n) is 5.47. The van der Waals surface area contributed by atoms with E-state index in [0.29, 0.717) is 12.0 Å². The van der Waals surface area contributed by atoms with Gasteiger partial charge in [0, 0.05) is 12.2 Å². The molecule has 1 saturated carbocycles. The van der Waals surface area contributed by atoms with Gasteiger partial charge in [-0.3, -0.25) is 0 Å². The summed E-state index contributed by atoms with van der Waals surface area (Å²) in [6, 6.07) is 10.3. The number of rotatable bonds is 6. The molecule has 0 spiro atoms. The zero-order valence-electron chi connectivity index (χ0n) is 12.3. The molecule has 1 aliphatic rings. The molecule has 0 atom stereocenters. The highest BCUT2D eigenvalue weighted by Crippen LogP contribution is 2.28. The van der Waals surface area contributed by atoms with E-state index in [2.05, 4.69) is 20.6 Å². The highest BCUT2D eigenvalue weighted by Gasteiger charge is 2.21. The van der Waals surface area contributed by atoms with Crippen LogP contribution in [0.5, 0.6) is 5.75 Å². The number of nitrogens with zero attached hydrogens (tertiary/aromatic N) is 2. The van der Waals surface area contributed by atoms with Gasteiger partial charge in [-0.1, -0.05) is 12.1 Å². The molecule has 1 aromatic carbocycles. The SMILES string of the molecule is CC(C)Oc1ccccc1Nc1ccnc(NC2CC2)n1. The standard InChI is InChI=1S/C16H20N4O/c1-11(2)21-14-6-4-3-5-13(14)19-15-9-10-17-16(20-15)18-12-7-8-12/h3-6,9-12H,7-8H2,1-2H3,(H2,17,18,19,20). The van der Waals surface area contributed by atoms with E-state index in [-0.39, 0.29) is 6.10 Å². The summed E-state index contributed by atoms with van der Waals surface area (Å²) in [4.78, 5) is 8.72. The summed E-state index contributed by atoms with van der Waals surface area (Å²) >= 11 is 0. The van der Waals surface area contributed by atoms with Crippen LogP contribution in [0.2, 0.25) is 0 Å². The molecule has 1 heterocycles. The van der Waals surface area contributed by atoms with Crippen LogP contribution < -0.4 is 15.4 Å². The maximum absolute atomic E-state index is 5.80. The van der Waals surface area contributed by atoms with E-state index in [9.17, 15) is 0 Å². The Labute approximate surface area is 124 Å². The summed E-state index contributed by atoms with van der Waals surface area (Å²) in [6.07, 6.45) is 4.29.